The summed E-state index contributed by atoms with van der Waals surface area (Å²) >= 11 is 0. The molecule has 3 rings (SSSR count). The van der Waals surface area contributed by atoms with Gasteiger partial charge in [0, 0.05) is 6.04 Å². The van der Waals surface area contributed by atoms with Crippen LogP contribution in [0.2, 0.25) is 0 Å². The first-order valence-corrected chi connectivity index (χ1v) is 10.7. The van der Waals surface area contributed by atoms with E-state index in [4.69, 9.17) is 0 Å². The van der Waals surface area contributed by atoms with Crippen molar-refractivity contribution in [3.05, 3.63) is 71.3 Å². The lowest BCUT2D eigenvalue weighted by Gasteiger charge is -2.09. The van der Waals surface area contributed by atoms with Crippen LogP contribution in [0.3, 0.4) is 0 Å². The molecule has 5 heteroatoms. The van der Waals surface area contributed by atoms with Crippen LogP contribution in [0.4, 0.5) is 0 Å². The summed E-state index contributed by atoms with van der Waals surface area (Å²) in [5.74, 6) is -0.122. The number of nitrogens with one attached hydrogen (secondary N) is 3. The van der Waals surface area contributed by atoms with Crippen LogP contribution < -0.4 is 16.3 Å². The van der Waals surface area contributed by atoms with Gasteiger partial charge < -0.3 is 0 Å². The predicted molar refractivity (Wildman–Crippen MR) is 119 cm³/mol. The fraction of sp³-hybridized carbons (Fsp3) is 0.417. The number of hydrogen-bond donors (Lipinski definition) is 3. The number of rotatable bonds is 9. The van der Waals surface area contributed by atoms with Gasteiger partial charge >= 0.3 is 0 Å². The molecule has 0 spiro atoms. The zero-order valence-corrected chi connectivity index (χ0v) is 17.4. The Bertz CT molecular complexity index is 801. The van der Waals surface area contributed by atoms with Crippen molar-refractivity contribution in [1.82, 2.24) is 16.3 Å². The highest BCUT2D eigenvalue weighted by Crippen LogP contribution is 2.21. The molecule has 2 unspecified atom stereocenters. The highest BCUT2D eigenvalue weighted by Gasteiger charge is 2.29. The lowest BCUT2D eigenvalue weighted by molar-refractivity contribution is -0.122. The first-order chi connectivity index (χ1) is 14.2. The summed E-state index contributed by atoms with van der Waals surface area (Å²) < 4.78 is 0. The van der Waals surface area contributed by atoms with Gasteiger partial charge in [-0.15, -0.1) is 0 Å². The van der Waals surface area contributed by atoms with E-state index in [9.17, 15) is 4.79 Å². The standard InChI is InChI=1S/C24H32N4O/c1-3-4-5-7-10-19-13-15-20(16-14-19)18(2)25-28-24(29)23-17-22(26-27-23)21-11-8-6-9-12-21/h6,8-9,11-16,22-23,26-27H,3-5,7,10,17H2,1-2H3,(H,28,29)/b25-18+. The Morgan fingerprint density at radius 1 is 1.03 bits per heavy atom. The summed E-state index contributed by atoms with van der Waals surface area (Å²) in [5, 5.41) is 4.30. The second-order valence-corrected chi connectivity index (χ2v) is 7.72. The van der Waals surface area contributed by atoms with Crippen molar-refractivity contribution in [2.24, 2.45) is 5.10 Å². The Kier molecular flexibility index (Phi) is 7.96. The number of carbonyl (C=O) groups is 1. The molecule has 2 aromatic carbocycles. The zero-order valence-electron chi connectivity index (χ0n) is 17.4. The third-order valence-electron chi connectivity index (χ3n) is 5.45. The van der Waals surface area contributed by atoms with Gasteiger partial charge in [0.2, 0.25) is 0 Å². The largest absolute Gasteiger partial charge is 0.271 e. The molecule has 1 aliphatic heterocycles. The Morgan fingerprint density at radius 3 is 2.52 bits per heavy atom. The van der Waals surface area contributed by atoms with Crippen molar-refractivity contribution in [1.29, 1.82) is 0 Å². The Morgan fingerprint density at radius 2 is 1.79 bits per heavy atom. The van der Waals surface area contributed by atoms with E-state index in [1.54, 1.807) is 0 Å². The van der Waals surface area contributed by atoms with Crippen molar-refractivity contribution in [3.63, 3.8) is 0 Å². The molecule has 0 radical (unpaired) electrons. The Labute approximate surface area is 174 Å². The molecule has 0 bridgehead atoms. The first-order valence-electron chi connectivity index (χ1n) is 10.7. The van der Waals surface area contributed by atoms with Crippen molar-refractivity contribution in [3.8, 4) is 0 Å². The Balaban J connectivity index is 1.48. The highest BCUT2D eigenvalue weighted by molar-refractivity contribution is 5.99. The summed E-state index contributed by atoms with van der Waals surface area (Å²) in [4.78, 5) is 12.5. The van der Waals surface area contributed by atoms with Crippen LogP contribution in [-0.4, -0.2) is 17.7 Å². The molecule has 29 heavy (non-hydrogen) atoms. The van der Waals surface area contributed by atoms with Gasteiger partial charge in [-0.3, -0.25) is 4.79 Å². The molecular weight excluding hydrogens is 360 g/mol. The molecule has 2 aromatic rings. The molecule has 1 saturated heterocycles. The molecule has 3 N–H and O–H groups in total. The van der Waals surface area contributed by atoms with Gasteiger partial charge in [0.25, 0.3) is 5.91 Å². The fourth-order valence-corrected chi connectivity index (χ4v) is 3.58. The minimum Gasteiger partial charge on any atom is -0.271 e. The minimum absolute atomic E-state index is 0.122. The van der Waals surface area contributed by atoms with E-state index < -0.39 is 0 Å². The molecule has 0 aromatic heterocycles. The summed E-state index contributed by atoms with van der Waals surface area (Å²) in [6.07, 6.45) is 6.91. The van der Waals surface area contributed by atoms with E-state index in [-0.39, 0.29) is 18.0 Å². The summed E-state index contributed by atoms with van der Waals surface area (Å²) in [6.45, 7) is 4.15. The van der Waals surface area contributed by atoms with E-state index >= 15 is 0 Å². The summed E-state index contributed by atoms with van der Waals surface area (Å²) in [6, 6.07) is 18.5. The molecule has 5 nitrogen and oxygen atoms in total. The van der Waals surface area contributed by atoms with Gasteiger partial charge in [0.15, 0.2) is 0 Å². The molecule has 0 saturated carbocycles. The number of unbranched alkanes of at least 4 members (excludes halogenated alkanes) is 3. The van der Waals surface area contributed by atoms with Gasteiger partial charge in [-0.1, -0.05) is 80.8 Å². The van der Waals surface area contributed by atoms with Gasteiger partial charge in [0.1, 0.15) is 6.04 Å². The Hall–Kier alpha value is -2.50. The molecular formula is C24H32N4O. The molecule has 1 fully saturated rings. The number of hydrogen-bond acceptors (Lipinski definition) is 4. The molecule has 1 aliphatic rings. The van der Waals surface area contributed by atoms with Crippen LogP contribution in [-0.2, 0) is 11.2 Å². The number of carbonyl (C=O) groups excluding carboxylic acids is 1. The van der Waals surface area contributed by atoms with Gasteiger partial charge in [-0.2, -0.15) is 5.10 Å². The predicted octanol–water partition coefficient (Wildman–Crippen LogP) is 4.26. The summed E-state index contributed by atoms with van der Waals surface area (Å²) in [7, 11) is 0. The highest BCUT2D eigenvalue weighted by atomic mass is 16.2. The van der Waals surface area contributed by atoms with Crippen LogP contribution >= 0.6 is 0 Å². The molecule has 0 aliphatic carbocycles. The minimum atomic E-state index is -0.303. The molecule has 1 heterocycles. The maximum Gasteiger partial charge on any atom is 0.258 e. The quantitative estimate of drug-likeness (QED) is 0.339. The average Bonchev–Trinajstić information content (AvgIpc) is 3.26. The topological polar surface area (TPSA) is 65.5 Å². The van der Waals surface area contributed by atoms with Crippen LogP contribution in [0, 0.1) is 0 Å². The monoisotopic (exact) mass is 392 g/mol. The average molecular weight is 393 g/mol. The van der Waals surface area contributed by atoms with E-state index in [0.29, 0.717) is 6.42 Å². The number of benzene rings is 2. The maximum absolute atomic E-state index is 12.5. The lowest BCUT2D eigenvalue weighted by Crippen LogP contribution is -2.41. The molecule has 154 valence electrons. The number of amides is 1. The van der Waals surface area contributed by atoms with Gasteiger partial charge in [0.05, 0.1) is 5.71 Å². The van der Waals surface area contributed by atoms with E-state index in [2.05, 4.69) is 64.7 Å². The van der Waals surface area contributed by atoms with Crippen molar-refractivity contribution in [2.45, 2.75) is 64.5 Å². The number of hydrazone groups is 1. The van der Waals surface area contributed by atoms with Gasteiger partial charge in [-0.25, -0.2) is 16.3 Å². The number of aryl methyl sites for hydroxylation is 1. The van der Waals surface area contributed by atoms with Crippen LogP contribution in [0.15, 0.2) is 59.7 Å². The molecule has 2 atom stereocenters. The van der Waals surface area contributed by atoms with Crippen molar-refractivity contribution >= 4 is 11.6 Å². The van der Waals surface area contributed by atoms with Crippen LogP contribution in [0.1, 0.15) is 68.7 Å². The normalized spacial score (nSPS) is 19.3. The van der Waals surface area contributed by atoms with Crippen molar-refractivity contribution in [2.75, 3.05) is 0 Å². The number of nitrogens with zero attached hydrogens (tertiary/aromatic N) is 1. The summed E-state index contributed by atoms with van der Waals surface area (Å²) in [5.41, 5.74) is 13.3. The van der Waals surface area contributed by atoms with E-state index in [0.717, 1.165) is 17.7 Å². The lowest BCUT2D eigenvalue weighted by atomic mass is 10.0. The maximum atomic E-state index is 12.5. The second-order valence-electron chi connectivity index (χ2n) is 7.72. The van der Waals surface area contributed by atoms with Crippen molar-refractivity contribution < 1.29 is 4.79 Å². The third-order valence-corrected chi connectivity index (χ3v) is 5.45. The first kappa shape index (κ1) is 21.2. The molecule has 1 amide bonds. The number of hydrazine groups is 1. The van der Waals surface area contributed by atoms with Crippen LogP contribution in [0.25, 0.3) is 0 Å². The SMILES string of the molecule is CCCCCCc1ccc(/C(C)=N/NC(=O)C2CC(c3ccccc3)NN2)cc1. The van der Waals surface area contributed by atoms with E-state index in [1.807, 2.05) is 25.1 Å². The third kappa shape index (κ3) is 6.24. The second kappa shape index (κ2) is 10.9. The van der Waals surface area contributed by atoms with Crippen LogP contribution in [0.5, 0.6) is 0 Å². The fourth-order valence-electron chi connectivity index (χ4n) is 3.58. The zero-order chi connectivity index (χ0) is 20.5. The smallest absolute Gasteiger partial charge is 0.258 e. The van der Waals surface area contributed by atoms with Gasteiger partial charge in [-0.05, 0) is 42.9 Å². The van der Waals surface area contributed by atoms with E-state index in [1.165, 1.54) is 36.8 Å².